The van der Waals surface area contributed by atoms with E-state index in [1.165, 1.54) is 35.1 Å². The lowest BCUT2D eigenvalue weighted by molar-refractivity contribution is -0.139. The van der Waals surface area contributed by atoms with Crippen LogP contribution in [-0.2, 0) is 25.6 Å². The summed E-state index contributed by atoms with van der Waals surface area (Å²) in [5, 5.41) is 2.16. The highest BCUT2D eigenvalue weighted by molar-refractivity contribution is 5.98. The largest absolute Gasteiger partial charge is 0.490 e. The van der Waals surface area contributed by atoms with Crippen molar-refractivity contribution in [2.45, 2.75) is 145 Å². The molecule has 0 aromatic heterocycles. The smallest absolute Gasteiger partial charge is 0.140 e. The van der Waals surface area contributed by atoms with Crippen molar-refractivity contribution in [1.29, 1.82) is 0 Å². The first-order chi connectivity index (χ1) is 26.0. The molecule has 0 aliphatic heterocycles. The van der Waals surface area contributed by atoms with E-state index < -0.39 is 28.6 Å². The van der Waals surface area contributed by atoms with Crippen LogP contribution in [0.15, 0.2) is 54.6 Å². The summed E-state index contributed by atoms with van der Waals surface area (Å²) in [6, 6.07) is 8.94. The summed E-state index contributed by atoms with van der Waals surface area (Å²) in [6.07, 6.45) is 15.9. The zero-order valence-corrected chi connectivity index (χ0v) is 35.0. The minimum absolute atomic E-state index is 0.00565. The van der Waals surface area contributed by atoms with Crippen LogP contribution < -0.4 is 4.74 Å². The quantitative estimate of drug-likeness (QED) is 0.151. The molecule has 4 aliphatic carbocycles. The van der Waals surface area contributed by atoms with Gasteiger partial charge in [-0.1, -0.05) is 97.1 Å². The third-order valence-corrected chi connectivity index (χ3v) is 13.7. The van der Waals surface area contributed by atoms with Crippen LogP contribution in [0.1, 0.15) is 142 Å². The van der Waals surface area contributed by atoms with E-state index in [1.54, 1.807) is 13.0 Å². The summed E-state index contributed by atoms with van der Waals surface area (Å²) in [7, 11) is 0. The van der Waals surface area contributed by atoms with Gasteiger partial charge in [-0.2, -0.15) is 0 Å². The number of benzene rings is 2. The van der Waals surface area contributed by atoms with E-state index in [-0.39, 0.29) is 48.0 Å². The molecule has 3 saturated carbocycles. The first-order valence-electron chi connectivity index (χ1n) is 21.4. The lowest BCUT2D eigenvalue weighted by Gasteiger charge is -2.33. The van der Waals surface area contributed by atoms with Gasteiger partial charge in [-0.05, 0) is 121 Å². The molecule has 2 aromatic rings. The number of fused-ring (bicyclic) bond motifs is 1. The van der Waals surface area contributed by atoms with Gasteiger partial charge in [0.25, 0.3) is 0 Å². The zero-order valence-electron chi connectivity index (χ0n) is 35.0. The first kappa shape index (κ1) is 41.0. The summed E-state index contributed by atoms with van der Waals surface area (Å²) >= 11 is 0. The lowest BCUT2D eigenvalue weighted by Crippen LogP contribution is -2.38. The molecule has 0 N–H and O–H groups in total. The number of ether oxygens (including phenoxy) is 1. The Balaban J connectivity index is 1.34. The molecule has 0 amide bonds. The van der Waals surface area contributed by atoms with Crippen LogP contribution in [-0.4, -0.2) is 29.2 Å². The van der Waals surface area contributed by atoms with Crippen molar-refractivity contribution in [1.82, 2.24) is 0 Å². The van der Waals surface area contributed by atoms with Crippen molar-refractivity contribution in [3.8, 4) is 5.75 Å². The van der Waals surface area contributed by atoms with Gasteiger partial charge >= 0.3 is 0 Å². The van der Waals surface area contributed by atoms with Crippen LogP contribution in [0.4, 0.5) is 0 Å². The monoisotopic (exact) mass is 746 g/mol. The average Bonchev–Trinajstić information content (AvgIpc) is 3.52. The van der Waals surface area contributed by atoms with Gasteiger partial charge in [0.1, 0.15) is 35.0 Å². The van der Waals surface area contributed by atoms with Crippen molar-refractivity contribution in [2.75, 3.05) is 0 Å². The molecule has 0 spiro atoms. The van der Waals surface area contributed by atoms with E-state index in [9.17, 15) is 19.2 Å². The highest BCUT2D eigenvalue weighted by Crippen LogP contribution is 2.58. The molecule has 5 nitrogen and oxygen atoms in total. The Morgan fingerprint density at radius 3 is 2.35 bits per heavy atom. The molecule has 6 rings (SSSR count). The second-order valence-corrected chi connectivity index (χ2v) is 19.3. The van der Waals surface area contributed by atoms with Crippen molar-refractivity contribution in [2.24, 2.45) is 46.3 Å². The third-order valence-electron chi connectivity index (χ3n) is 13.7. The molecule has 0 heterocycles. The summed E-state index contributed by atoms with van der Waals surface area (Å²) in [4.78, 5) is 55.9. The Bertz CT molecular complexity index is 1890. The van der Waals surface area contributed by atoms with Crippen LogP contribution in [0.5, 0.6) is 5.75 Å². The number of Topliss-reactive ketones (excluding diaryl/α,β-unsaturated/α-hetero) is 4. The maximum absolute atomic E-state index is 14.9. The molecule has 0 saturated heterocycles. The van der Waals surface area contributed by atoms with Crippen LogP contribution in [0.3, 0.4) is 0 Å². The number of allylic oxidation sites excluding steroid dienone is 5. The fraction of sp³-hybridized carbons (Fsp3) is 0.600. The minimum atomic E-state index is -0.720. The normalized spacial score (nSPS) is 25.9. The lowest BCUT2D eigenvalue weighted by atomic mass is 9.69. The summed E-state index contributed by atoms with van der Waals surface area (Å²) in [5.74, 6) is 0.282. The van der Waals surface area contributed by atoms with Gasteiger partial charge in [-0.25, -0.2) is 0 Å². The molecule has 2 aromatic carbocycles. The topological polar surface area (TPSA) is 77.5 Å². The van der Waals surface area contributed by atoms with Gasteiger partial charge in [-0.3, -0.25) is 19.2 Å². The van der Waals surface area contributed by atoms with Crippen LogP contribution in [0.25, 0.3) is 16.3 Å². The fourth-order valence-corrected chi connectivity index (χ4v) is 10.3. The molecular formula is C50H66O5. The maximum atomic E-state index is 14.9. The molecule has 0 bridgehead atoms. The third kappa shape index (κ3) is 9.02. The molecule has 4 aliphatic rings. The van der Waals surface area contributed by atoms with Crippen molar-refractivity contribution >= 4 is 39.5 Å². The van der Waals surface area contributed by atoms with E-state index in [0.717, 1.165) is 54.2 Å². The second-order valence-electron chi connectivity index (χ2n) is 19.3. The highest BCUT2D eigenvalue weighted by atomic mass is 16.5. The summed E-state index contributed by atoms with van der Waals surface area (Å²) < 4.78 is 7.05. The number of carbonyl (C=O) groups excluding carboxylic acids is 4. The summed E-state index contributed by atoms with van der Waals surface area (Å²) in [6.45, 7) is 20.5. The van der Waals surface area contributed by atoms with E-state index in [0.29, 0.717) is 37.5 Å². The second kappa shape index (κ2) is 16.5. The van der Waals surface area contributed by atoms with Crippen molar-refractivity contribution < 1.29 is 23.9 Å². The van der Waals surface area contributed by atoms with Crippen LogP contribution in [0, 0.1) is 53.3 Å². The van der Waals surface area contributed by atoms with Crippen molar-refractivity contribution in [3.05, 3.63) is 71.3 Å². The number of aryl methyl sites for hydroxylation is 2. The Labute approximate surface area is 330 Å². The van der Waals surface area contributed by atoms with E-state index in [4.69, 9.17) is 4.74 Å². The SMILES string of the molecule is C=CC1CC1(CC(=O)C1CC(Oc2cc(C3=CCC(CC(C)C)=C3)cc3cc(C)c(CC)cc23)CC1C(=O)C(CC(=O)CC1CCCC1)C(C)(C)C)C(C)=O. The molecule has 55 heavy (non-hydrogen) atoms. The number of hydrogen-bond donors (Lipinski definition) is 0. The number of rotatable bonds is 17. The zero-order chi connectivity index (χ0) is 39.8. The predicted molar refractivity (Wildman–Crippen MR) is 224 cm³/mol. The fourth-order valence-electron chi connectivity index (χ4n) is 10.3. The van der Waals surface area contributed by atoms with Crippen molar-refractivity contribution in [3.63, 3.8) is 0 Å². The maximum Gasteiger partial charge on any atom is 0.140 e. The molecule has 0 radical (unpaired) electrons. The van der Waals surface area contributed by atoms with E-state index >= 15 is 0 Å². The molecule has 6 unspecified atom stereocenters. The Morgan fingerprint density at radius 1 is 1.02 bits per heavy atom. The predicted octanol–water partition coefficient (Wildman–Crippen LogP) is 11.8. The number of ketones is 4. The highest BCUT2D eigenvalue weighted by Gasteiger charge is 2.59. The van der Waals surface area contributed by atoms with Gasteiger partial charge < -0.3 is 4.74 Å². The van der Waals surface area contributed by atoms with E-state index in [1.807, 2.05) is 20.8 Å². The minimum Gasteiger partial charge on any atom is -0.490 e. The summed E-state index contributed by atoms with van der Waals surface area (Å²) in [5.41, 5.74) is 5.11. The molecular weight excluding hydrogens is 681 g/mol. The first-order valence-corrected chi connectivity index (χ1v) is 21.4. The Hall–Kier alpha value is -3.60. The number of carbonyl (C=O) groups is 4. The van der Waals surface area contributed by atoms with E-state index in [2.05, 4.69) is 70.7 Å². The molecule has 6 atom stereocenters. The Morgan fingerprint density at radius 2 is 1.73 bits per heavy atom. The van der Waals surface area contributed by atoms with Crippen LogP contribution >= 0.6 is 0 Å². The molecule has 5 heteroatoms. The molecule has 3 fully saturated rings. The van der Waals surface area contributed by atoms with Gasteiger partial charge in [0.15, 0.2) is 0 Å². The standard InChI is InChI=1S/C50H66O5/c1-10-35-23-42-38(19-31(35)5)22-37(36-17-16-34(20-36)18-30(3)4)24-47(42)55-41-26-43(46(53)29-50(32(6)51)28-39(50)11-2)44(27-41)48(54)45(49(7,8)9)25-40(52)21-33-14-12-13-15-33/h11,17,19-20,22-24,30,33,39,41,43-45H,2,10,12-16,18,21,25-29H2,1,3-9H3. The Kier molecular flexibility index (Phi) is 12.3. The van der Waals surface area contributed by atoms with Gasteiger partial charge in [-0.15, -0.1) is 6.58 Å². The van der Waals surface area contributed by atoms with Gasteiger partial charge in [0, 0.05) is 47.8 Å². The average molecular weight is 747 g/mol. The number of hydrogen-bond acceptors (Lipinski definition) is 5. The van der Waals surface area contributed by atoms with Crippen LogP contribution in [0.2, 0.25) is 0 Å². The van der Waals surface area contributed by atoms with Gasteiger partial charge in [0.2, 0.25) is 0 Å². The van der Waals surface area contributed by atoms with Gasteiger partial charge in [0.05, 0.1) is 0 Å². The molecule has 296 valence electrons.